The maximum atomic E-state index is 12.7. The molecule has 0 aliphatic heterocycles. The lowest BCUT2D eigenvalue weighted by Crippen LogP contribution is -2.47. The molecule has 0 atom stereocenters. The lowest BCUT2D eigenvalue weighted by Gasteiger charge is -2.35. The molecule has 2 rings (SSSR count). The van der Waals surface area contributed by atoms with Crippen molar-refractivity contribution in [1.29, 1.82) is 0 Å². The lowest BCUT2D eigenvalue weighted by atomic mass is 10.0. The Balaban J connectivity index is 2.18. The summed E-state index contributed by atoms with van der Waals surface area (Å²) in [6.45, 7) is 8.56. The van der Waals surface area contributed by atoms with Gasteiger partial charge >= 0.3 is 6.03 Å². The molecule has 122 valence electrons. The van der Waals surface area contributed by atoms with Crippen LogP contribution in [-0.2, 0) is 6.54 Å². The van der Waals surface area contributed by atoms with Crippen molar-refractivity contribution in [2.75, 3.05) is 5.32 Å². The molecule has 0 aromatic heterocycles. The maximum absolute atomic E-state index is 12.7. The van der Waals surface area contributed by atoms with Crippen LogP contribution in [0, 0.1) is 6.92 Å². The first-order valence-corrected chi connectivity index (χ1v) is 8.04. The van der Waals surface area contributed by atoms with E-state index in [0.717, 1.165) is 11.1 Å². The SMILES string of the molecule is Cc1ccc(NC(=O)N(Cc2ccccc2)C(C)(C)C)cc1Cl. The van der Waals surface area contributed by atoms with Gasteiger partial charge in [-0.25, -0.2) is 4.79 Å². The lowest BCUT2D eigenvalue weighted by molar-refractivity contribution is 0.152. The first kappa shape index (κ1) is 17.4. The van der Waals surface area contributed by atoms with Crippen molar-refractivity contribution in [2.24, 2.45) is 0 Å². The molecule has 2 aromatic carbocycles. The summed E-state index contributed by atoms with van der Waals surface area (Å²) in [6, 6.07) is 15.4. The van der Waals surface area contributed by atoms with Gasteiger partial charge in [-0.15, -0.1) is 0 Å². The molecule has 0 radical (unpaired) electrons. The van der Waals surface area contributed by atoms with E-state index in [0.29, 0.717) is 17.3 Å². The Morgan fingerprint density at radius 2 is 1.78 bits per heavy atom. The predicted octanol–water partition coefficient (Wildman–Crippen LogP) is 5.48. The van der Waals surface area contributed by atoms with Gasteiger partial charge in [0.2, 0.25) is 0 Å². The summed E-state index contributed by atoms with van der Waals surface area (Å²) in [7, 11) is 0. The summed E-state index contributed by atoms with van der Waals surface area (Å²) in [5.41, 5.74) is 2.49. The molecule has 2 amide bonds. The van der Waals surface area contributed by atoms with Crippen molar-refractivity contribution in [3.8, 4) is 0 Å². The minimum atomic E-state index is -0.297. The molecule has 0 fully saturated rings. The third kappa shape index (κ3) is 4.73. The Morgan fingerprint density at radius 3 is 2.35 bits per heavy atom. The van der Waals surface area contributed by atoms with E-state index in [-0.39, 0.29) is 11.6 Å². The largest absolute Gasteiger partial charge is 0.322 e. The van der Waals surface area contributed by atoms with Gasteiger partial charge in [0.05, 0.1) is 0 Å². The number of nitrogens with one attached hydrogen (secondary N) is 1. The Bertz CT molecular complexity index is 678. The number of urea groups is 1. The van der Waals surface area contributed by atoms with Gasteiger partial charge in [-0.2, -0.15) is 0 Å². The normalized spacial score (nSPS) is 11.2. The van der Waals surface area contributed by atoms with Crippen LogP contribution in [0.2, 0.25) is 5.02 Å². The van der Waals surface area contributed by atoms with Crippen molar-refractivity contribution in [1.82, 2.24) is 4.90 Å². The van der Waals surface area contributed by atoms with Crippen LogP contribution in [0.1, 0.15) is 31.9 Å². The highest BCUT2D eigenvalue weighted by molar-refractivity contribution is 6.31. The quantitative estimate of drug-likeness (QED) is 0.793. The molecule has 0 spiro atoms. The van der Waals surface area contributed by atoms with Crippen LogP contribution in [-0.4, -0.2) is 16.5 Å². The smallest absolute Gasteiger partial charge is 0.315 e. The number of halogens is 1. The molecule has 0 aliphatic rings. The van der Waals surface area contributed by atoms with Gasteiger partial charge in [0.25, 0.3) is 0 Å². The molecule has 0 saturated carbocycles. The number of benzene rings is 2. The molecule has 0 unspecified atom stereocenters. The fraction of sp³-hybridized carbons (Fsp3) is 0.316. The zero-order valence-corrected chi connectivity index (χ0v) is 14.8. The summed E-state index contributed by atoms with van der Waals surface area (Å²) in [6.07, 6.45) is 0. The van der Waals surface area contributed by atoms with Gasteiger partial charge < -0.3 is 10.2 Å². The molecular weight excluding hydrogens is 308 g/mol. The summed E-state index contributed by atoms with van der Waals surface area (Å²) >= 11 is 6.13. The van der Waals surface area contributed by atoms with Crippen LogP contribution < -0.4 is 5.32 Å². The van der Waals surface area contributed by atoms with Crippen molar-refractivity contribution >= 4 is 23.3 Å². The molecule has 23 heavy (non-hydrogen) atoms. The van der Waals surface area contributed by atoms with E-state index in [4.69, 9.17) is 11.6 Å². The molecule has 0 saturated heterocycles. The zero-order chi connectivity index (χ0) is 17.0. The summed E-state index contributed by atoms with van der Waals surface area (Å²) in [5, 5.41) is 3.59. The van der Waals surface area contributed by atoms with E-state index in [1.807, 2.05) is 75.1 Å². The molecule has 0 heterocycles. The molecule has 4 heteroatoms. The number of aryl methyl sites for hydroxylation is 1. The Kier molecular flexibility index (Phi) is 5.32. The van der Waals surface area contributed by atoms with E-state index >= 15 is 0 Å². The molecule has 2 aromatic rings. The molecular formula is C19H23ClN2O. The van der Waals surface area contributed by atoms with Crippen molar-refractivity contribution < 1.29 is 4.79 Å². The first-order chi connectivity index (χ1) is 10.8. The van der Waals surface area contributed by atoms with Gasteiger partial charge in [0, 0.05) is 22.8 Å². The number of carbonyl (C=O) groups is 1. The Labute approximate surface area is 143 Å². The second kappa shape index (κ2) is 7.05. The van der Waals surface area contributed by atoms with Gasteiger partial charge in [-0.05, 0) is 51.0 Å². The number of hydrogen-bond acceptors (Lipinski definition) is 1. The number of carbonyl (C=O) groups excluding carboxylic acids is 1. The highest BCUT2D eigenvalue weighted by Crippen LogP contribution is 2.23. The van der Waals surface area contributed by atoms with Crippen LogP contribution in [0.3, 0.4) is 0 Å². The van der Waals surface area contributed by atoms with Crippen LogP contribution in [0.4, 0.5) is 10.5 Å². The average Bonchev–Trinajstić information content (AvgIpc) is 2.48. The van der Waals surface area contributed by atoms with Crippen LogP contribution >= 0.6 is 11.6 Å². The third-order valence-corrected chi connectivity index (χ3v) is 4.07. The Hall–Kier alpha value is -2.00. The number of nitrogens with zero attached hydrogens (tertiary/aromatic N) is 1. The fourth-order valence-electron chi connectivity index (χ4n) is 2.24. The number of rotatable bonds is 3. The standard InChI is InChI=1S/C19H23ClN2O/c1-14-10-11-16(12-17(14)20)21-18(23)22(19(2,3)4)13-15-8-6-5-7-9-15/h5-12H,13H2,1-4H3,(H,21,23). The van der Waals surface area contributed by atoms with Gasteiger partial charge in [0.15, 0.2) is 0 Å². The monoisotopic (exact) mass is 330 g/mol. The van der Waals surface area contributed by atoms with Crippen molar-refractivity contribution in [3.05, 3.63) is 64.7 Å². The molecule has 1 N–H and O–H groups in total. The predicted molar refractivity (Wildman–Crippen MR) is 96.9 cm³/mol. The van der Waals surface area contributed by atoms with E-state index in [1.165, 1.54) is 0 Å². The number of hydrogen-bond donors (Lipinski definition) is 1. The van der Waals surface area contributed by atoms with E-state index < -0.39 is 0 Å². The van der Waals surface area contributed by atoms with E-state index in [9.17, 15) is 4.79 Å². The first-order valence-electron chi connectivity index (χ1n) is 7.66. The van der Waals surface area contributed by atoms with Gasteiger partial charge in [-0.1, -0.05) is 48.0 Å². The molecule has 0 bridgehead atoms. The molecule has 3 nitrogen and oxygen atoms in total. The summed E-state index contributed by atoms with van der Waals surface area (Å²) in [4.78, 5) is 14.5. The second-order valence-electron chi connectivity index (χ2n) is 6.64. The maximum Gasteiger partial charge on any atom is 0.322 e. The fourth-order valence-corrected chi connectivity index (χ4v) is 2.42. The Morgan fingerprint density at radius 1 is 1.13 bits per heavy atom. The zero-order valence-electron chi connectivity index (χ0n) is 14.1. The number of anilines is 1. The van der Waals surface area contributed by atoms with Crippen LogP contribution in [0.25, 0.3) is 0 Å². The van der Waals surface area contributed by atoms with Crippen LogP contribution in [0.5, 0.6) is 0 Å². The minimum absolute atomic E-state index is 0.138. The second-order valence-corrected chi connectivity index (χ2v) is 7.04. The molecule has 0 aliphatic carbocycles. The third-order valence-electron chi connectivity index (χ3n) is 3.66. The van der Waals surface area contributed by atoms with Crippen LogP contribution in [0.15, 0.2) is 48.5 Å². The highest BCUT2D eigenvalue weighted by atomic mass is 35.5. The van der Waals surface area contributed by atoms with E-state index in [2.05, 4.69) is 5.32 Å². The topological polar surface area (TPSA) is 32.3 Å². The van der Waals surface area contributed by atoms with Crippen molar-refractivity contribution in [3.63, 3.8) is 0 Å². The van der Waals surface area contributed by atoms with Gasteiger partial charge in [0.1, 0.15) is 0 Å². The van der Waals surface area contributed by atoms with Crippen molar-refractivity contribution in [2.45, 2.75) is 39.8 Å². The average molecular weight is 331 g/mol. The van der Waals surface area contributed by atoms with E-state index in [1.54, 1.807) is 6.07 Å². The van der Waals surface area contributed by atoms with Gasteiger partial charge in [-0.3, -0.25) is 0 Å². The summed E-state index contributed by atoms with van der Waals surface area (Å²) in [5.74, 6) is 0. The number of amides is 2. The summed E-state index contributed by atoms with van der Waals surface area (Å²) < 4.78 is 0. The highest BCUT2D eigenvalue weighted by Gasteiger charge is 2.26. The minimum Gasteiger partial charge on any atom is -0.315 e.